The Kier molecular flexibility index (Phi) is 2.86. The molecule has 1 aromatic carbocycles. The third-order valence-electron chi connectivity index (χ3n) is 2.75. The molecule has 0 bridgehead atoms. The van der Waals surface area contributed by atoms with Gasteiger partial charge in [-0.3, -0.25) is 4.79 Å². The van der Waals surface area contributed by atoms with Crippen molar-refractivity contribution in [2.75, 3.05) is 0 Å². The Morgan fingerprint density at radius 1 is 1.40 bits per heavy atom. The van der Waals surface area contributed by atoms with Crippen molar-refractivity contribution in [3.8, 4) is 0 Å². The lowest BCUT2D eigenvalue weighted by molar-refractivity contribution is 0.112. The molecule has 0 aliphatic rings. The summed E-state index contributed by atoms with van der Waals surface area (Å²) in [6.45, 7) is 2.18. The van der Waals surface area contributed by atoms with E-state index in [1.165, 1.54) is 18.4 Å². The minimum absolute atomic E-state index is 0.792. The molecule has 1 N–H and O–H groups in total. The van der Waals surface area contributed by atoms with Crippen LogP contribution in [0.15, 0.2) is 24.4 Å². The number of unbranched alkanes of at least 4 members (excludes halogenated alkanes) is 1. The van der Waals surface area contributed by atoms with E-state index in [0.29, 0.717) is 0 Å². The molecule has 15 heavy (non-hydrogen) atoms. The number of carbonyl (C=O) groups is 1. The van der Waals surface area contributed by atoms with Gasteiger partial charge >= 0.3 is 0 Å². The summed E-state index contributed by atoms with van der Waals surface area (Å²) in [6.07, 6.45) is 6.34. The minimum atomic E-state index is 0.792. The van der Waals surface area contributed by atoms with Crippen LogP contribution in [0, 0.1) is 0 Å². The molecule has 0 atom stereocenters. The first-order valence-corrected chi connectivity index (χ1v) is 5.41. The van der Waals surface area contributed by atoms with Crippen LogP contribution in [0.5, 0.6) is 0 Å². The number of benzene rings is 1. The van der Waals surface area contributed by atoms with Gasteiger partial charge in [-0.15, -0.1) is 0 Å². The number of hydrogen-bond acceptors (Lipinski definition) is 1. The first kappa shape index (κ1) is 9.97. The number of aromatic amines is 1. The molecule has 2 nitrogen and oxygen atoms in total. The number of fused-ring (bicyclic) bond motifs is 1. The fraction of sp³-hybridized carbons (Fsp3) is 0.308. The number of carbonyl (C=O) groups excluding carboxylic acids is 1. The second kappa shape index (κ2) is 4.30. The number of aryl methyl sites for hydroxylation is 1. The van der Waals surface area contributed by atoms with Crippen molar-refractivity contribution >= 4 is 17.2 Å². The first-order valence-electron chi connectivity index (χ1n) is 5.41. The van der Waals surface area contributed by atoms with Crippen LogP contribution in [0.3, 0.4) is 0 Å². The first-order chi connectivity index (χ1) is 7.36. The van der Waals surface area contributed by atoms with E-state index in [1.54, 1.807) is 0 Å². The van der Waals surface area contributed by atoms with Crippen LogP contribution in [0.25, 0.3) is 10.9 Å². The Bertz CT molecular complexity index is 470. The van der Waals surface area contributed by atoms with Crippen molar-refractivity contribution in [2.24, 2.45) is 0 Å². The predicted molar refractivity (Wildman–Crippen MR) is 62.3 cm³/mol. The maximum atomic E-state index is 10.9. The second-order valence-corrected chi connectivity index (χ2v) is 3.81. The SMILES string of the molecule is CCCCc1c[nH]c2cccc(C=O)c12. The van der Waals surface area contributed by atoms with Gasteiger partial charge in [-0.25, -0.2) is 0 Å². The lowest BCUT2D eigenvalue weighted by atomic mass is 10.0. The molecule has 0 amide bonds. The summed E-state index contributed by atoms with van der Waals surface area (Å²) in [5.74, 6) is 0. The fourth-order valence-electron chi connectivity index (χ4n) is 1.95. The van der Waals surface area contributed by atoms with E-state index in [9.17, 15) is 4.79 Å². The standard InChI is InChI=1S/C13H15NO/c1-2-3-5-10-8-14-12-7-4-6-11(9-15)13(10)12/h4,6-9,14H,2-3,5H2,1H3. The van der Waals surface area contributed by atoms with Gasteiger partial charge in [0, 0.05) is 22.7 Å². The molecule has 1 aromatic heterocycles. The third kappa shape index (κ3) is 1.80. The zero-order valence-electron chi connectivity index (χ0n) is 8.92. The summed E-state index contributed by atoms with van der Waals surface area (Å²) >= 11 is 0. The normalized spacial score (nSPS) is 10.7. The number of aromatic nitrogens is 1. The van der Waals surface area contributed by atoms with E-state index >= 15 is 0 Å². The molecule has 78 valence electrons. The third-order valence-corrected chi connectivity index (χ3v) is 2.75. The smallest absolute Gasteiger partial charge is 0.150 e. The molecule has 1 heterocycles. The van der Waals surface area contributed by atoms with Gasteiger partial charge in [0.25, 0.3) is 0 Å². The van der Waals surface area contributed by atoms with Gasteiger partial charge in [0.1, 0.15) is 0 Å². The van der Waals surface area contributed by atoms with Crippen LogP contribution >= 0.6 is 0 Å². The molecule has 0 spiro atoms. The summed E-state index contributed by atoms with van der Waals surface area (Å²) in [5, 5.41) is 1.10. The molecule has 0 aliphatic carbocycles. The maximum absolute atomic E-state index is 10.9. The summed E-state index contributed by atoms with van der Waals surface area (Å²) < 4.78 is 0. The molecule has 0 unspecified atom stereocenters. The highest BCUT2D eigenvalue weighted by molar-refractivity contribution is 5.98. The Morgan fingerprint density at radius 3 is 3.00 bits per heavy atom. The summed E-state index contributed by atoms with van der Waals surface area (Å²) in [6, 6.07) is 5.79. The Labute approximate surface area is 89.3 Å². The molecular formula is C13H15NO. The van der Waals surface area contributed by atoms with Gasteiger partial charge in [0.2, 0.25) is 0 Å². The summed E-state index contributed by atoms with van der Waals surface area (Å²) in [4.78, 5) is 14.1. The van der Waals surface area contributed by atoms with E-state index < -0.39 is 0 Å². The lowest BCUT2D eigenvalue weighted by Gasteiger charge is -1.99. The highest BCUT2D eigenvalue weighted by Crippen LogP contribution is 2.22. The minimum Gasteiger partial charge on any atom is -0.361 e. The molecule has 2 aromatic rings. The number of H-pyrrole nitrogens is 1. The van der Waals surface area contributed by atoms with Crippen LogP contribution in [0.1, 0.15) is 35.7 Å². The van der Waals surface area contributed by atoms with Gasteiger partial charge in [-0.05, 0) is 24.5 Å². The van der Waals surface area contributed by atoms with Gasteiger partial charge in [-0.2, -0.15) is 0 Å². The quantitative estimate of drug-likeness (QED) is 0.756. The van der Waals surface area contributed by atoms with Crippen LogP contribution in [0.2, 0.25) is 0 Å². The van der Waals surface area contributed by atoms with Crippen LogP contribution in [-0.2, 0) is 6.42 Å². The summed E-state index contributed by atoms with van der Waals surface area (Å²) in [7, 11) is 0. The fourth-order valence-corrected chi connectivity index (χ4v) is 1.95. The maximum Gasteiger partial charge on any atom is 0.150 e. The zero-order valence-corrected chi connectivity index (χ0v) is 8.92. The van der Waals surface area contributed by atoms with Crippen molar-refractivity contribution in [2.45, 2.75) is 26.2 Å². The van der Waals surface area contributed by atoms with E-state index in [-0.39, 0.29) is 0 Å². The number of nitrogens with one attached hydrogen (secondary N) is 1. The molecule has 0 fully saturated rings. The average Bonchev–Trinajstić information content (AvgIpc) is 2.69. The van der Waals surface area contributed by atoms with Crippen LogP contribution in [0.4, 0.5) is 0 Å². The van der Waals surface area contributed by atoms with E-state index in [1.807, 2.05) is 24.4 Å². The van der Waals surface area contributed by atoms with Crippen molar-refractivity contribution in [3.63, 3.8) is 0 Å². The molecule has 0 saturated heterocycles. The van der Waals surface area contributed by atoms with Crippen molar-refractivity contribution < 1.29 is 4.79 Å². The summed E-state index contributed by atoms with van der Waals surface area (Å²) in [5.41, 5.74) is 3.11. The predicted octanol–water partition coefficient (Wildman–Crippen LogP) is 3.32. The molecule has 2 rings (SSSR count). The van der Waals surface area contributed by atoms with E-state index in [0.717, 1.165) is 29.2 Å². The molecule has 2 heteroatoms. The van der Waals surface area contributed by atoms with Gasteiger partial charge < -0.3 is 4.98 Å². The monoisotopic (exact) mass is 201 g/mol. The lowest BCUT2D eigenvalue weighted by Crippen LogP contribution is -1.86. The van der Waals surface area contributed by atoms with Crippen molar-refractivity contribution in [3.05, 3.63) is 35.5 Å². The molecular weight excluding hydrogens is 186 g/mol. The average molecular weight is 201 g/mol. The van der Waals surface area contributed by atoms with Crippen LogP contribution < -0.4 is 0 Å². The Balaban J connectivity index is 2.50. The highest BCUT2D eigenvalue weighted by atomic mass is 16.1. The second-order valence-electron chi connectivity index (χ2n) is 3.81. The van der Waals surface area contributed by atoms with Gasteiger partial charge in [-0.1, -0.05) is 25.5 Å². The molecule has 0 aliphatic heterocycles. The molecule has 0 saturated carbocycles. The van der Waals surface area contributed by atoms with Gasteiger partial charge in [0.15, 0.2) is 6.29 Å². The van der Waals surface area contributed by atoms with Gasteiger partial charge in [0.05, 0.1) is 0 Å². The number of aldehydes is 1. The number of hydrogen-bond donors (Lipinski definition) is 1. The molecule has 0 radical (unpaired) electrons. The Hall–Kier alpha value is -1.57. The Morgan fingerprint density at radius 2 is 2.27 bits per heavy atom. The van der Waals surface area contributed by atoms with Crippen molar-refractivity contribution in [1.82, 2.24) is 4.98 Å². The van der Waals surface area contributed by atoms with Crippen LogP contribution in [-0.4, -0.2) is 11.3 Å². The van der Waals surface area contributed by atoms with E-state index in [4.69, 9.17) is 0 Å². The van der Waals surface area contributed by atoms with Crippen molar-refractivity contribution in [1.29, 1.82) is 0 Å². The number of rotatable bonds is 4. The zero-order chi connectivity index (χ0) is 10.7. The highest BCUT2D eigenvalue weighted by Gasteiger charge is 2.06. The largest absolute Gasteiger partial charge is 0.361 e. The topological polar surface area (TPSA) is 32.9 Å². The van der Waals surface area contributed by atoms with E-state index in [2.05, 4.69) is 11.9 Å².